The largest absolute Gasteiger partial charge is 0.451 e. The second-order valence-corrected chi connectivity index (χ2v) is 10.1. The van der Waals surface area contributed by atoms with Crippen molar-refractivity contribution in [2.75, 3.05) is 18.1 Å². The zero-order chi connectivity index (χ0) is 20.3. The Balaban J connectivity index is 1.53. The highest BCUT2D eigenvalue weighted by Gasteiger charge is 2.37. The quantitative estimate of drug-likeness (QED) is 0.651. The van der Waals surface area contributed by atoms with Gasteiger partial charge in [0.05, 0.1) is 17.5 Å². The number of carbonyl (C=O) groups excluding carboxylic acids is 3. The van der Waals surface area contributed by atoms with E-state index in [9.17, 15) is 22.8 Å². The van der Waals surface area contributed by atoms with Crippen molar-refractivity contribution in [1.29, 1.82) is 0 Å². The third kappa shape index (κ3) is 5.09. The van der Waals surface area contributed by atoms with E-state index in [1.807, 2.05) is 0 Å². The highest BCUT2D eigenvalue weighted by atomic mass is 32.2. The maximum absolute atomic E-state index is 12.3. The summed E-state index contributed by atoms with van der Waals surface area (Å²) in [5.74, 6) is -1.13. The molecule has 9 nitrogen and oxygen atoms in total. The van der Waals surface area contributed by atoms with Crippen molar-refractivity contribution in [3.8, 4) is 0 Å². The molecular formula is C18H27N3O6S. The molecule has 0 radical (unpaired) electrons. The molecule has 1 saturated heterocycles. The highest BCUT2D eigenvalue weighted by Crippen LogP contribution is 2.24. The van der Waals surface area contributed by atoms with Crippen molar-refractivity contribution in [2.45, 2.75) is 64.0 Å². The summed E-state index contributed by atoms with van der Waals surface area (Å²) in [6.07, 6.45) is 4.73. The summed E-state index contributed by atoms with van der Waals surface area (Å²) in [6.45, 7) is 1.70. The Morgan fingerprint density at radius 3 is 2.64 bits per heavy atom. The van der Waals surface area contributed by atoms with Gasteiger partial charge in [-0.3, -0.25) is 9.59 Å². The van der Waals surface area contributed by atoms with Crippen LogP contribution in [0.2, 0.25) is 0 Å². The van der Waals surface area contributed by atoms with Crippen molar-refractivity contribution < 1.29 is 27.5 Å². The van der Waals surface area contributed by atoms with Crippen LogP contribution in [0.15, 0.2) is 5.10 Å². The Kier molecular flexibility index (Phi) is 6.36. The lowest BCUT2D eigenvalue weighted by Crippen LogP contribution is -2.44. The summed E-state index contributed by atoms with van der Waals surface area (Å²) >= 11 is 0. The van der Waals surface area contributed by atoms with Crippen molar-refractivity contribution >= 4 is 33.3 Å². The van der Waals surface area contributed by atoms with Crippen LogP contribution in [0.5, 0.6) is 0 Å². The first-order chi connectivity index (χ1) is 13.2. The molecule has 1 N–H and O–H groups in total. The van der Waals surface area contributed by atoms with Crippen LogP contribution in [0.1, 0.15) is 51.9 Å². The number of sulfone groups is 1. The van der Waals surface area contributed by atoms with Gasteiger partial charge in [0.2, 0.25) is 5.91 Å². The summed E-state index contributed by atoms with van der Waals surface area (Å²) in [5, 5.41) is 8.06. The molecule has 10 heteroatoms. The molecule has 2 amide bonds. The van der Waals surface area contributed by atoms with Crippen LogP contribution in [0.3, 0.4) is 0 Å². The molecule has 1 saturated carbocycles. The Morgan fingerprint density at radius 2 is 1.96 bits per heavy atom. The second kappa shape index (κ2) is 8.59. The van der Waals surface area contributed by atoms with Gasteiger partial charge >= 0.3 is 5.97 Å². The van der Waals surface area contributed by atoms with Crippen LogP contribution < -0.4 is 5.32 Å². The summed E-state index contributed by atoms with van der Waals surface area (Å²) in [5.41, 5.74) is 0.0442. The van der Waals surface area contributed by atoms with Gasteiger partial charge < -0.3 is 10.1 Å². The molecule has 28 heavy (non-hydrogen) atoms. The van der Waals surface area contributed by atoms with Crippen molar-refractivity contribution in [3.63, 3.8) is 0 Å². The van der Waals surface area contributed by atoms with Gasteiger partial charge in [0, 0.05) is 18.9 Å². The van der Waals surface area contributed by atoms with Crippen LogP contribution in [-0.2, 0) is 29.0 Å². The third-order valence-electron chi connectivity index (χ3n) is 5.64. The van der Waals surface area contributed by atoms with Gasteiger partial charge in [-0.1, -0.05) is 19.8 Å². The molecule has 0 aromatic rings. The standard InChI is InChI=1S/C18H27N3O6S/c1-12-4-2-3-5-14(12)19-16(22)10-27-18(24)15-6-7-17(23)21(20-15)13-8-9-28(25,26)11-13/h12-14H,2-11H2,1H3,(H,19,22)/t12-,13+,14-/m0/s1. The zero-order valence-corrected chi connectivity index (χ0v) is 16.9. The molecule has 0 aromatic carbocycles. The fourth-order valence-electron chi connectivity index (χ4n) is 3.97. The molecule has 2 aliphatic heterocycles. The van der Waals surface area contributed by atoms with Crippen LogP contribution in [0.25, 0.3) is 0 Å². The summed E-state index contributed by atoms with van der Waals surface area (Å²) in [6, 6.07) is -0.443. The predicted molar refractivity (Wildman–Crippen MR) is 101 cm³/mol. The number of hydrogen-bond acceptors (Lipinski definition) is 7. The first kappa shape index (κ1) is 20.8. The number of rotatable bonds is 5. The number of ether oxygens (including phenoxy) is 1. The van der Waals surface area contributed by atoms with E-state index in [1.54, 1.807) is 0 Å². The number of carbonyl (C=O) groups is 3. The lowest BCUT2D eigenvalue weighted by atomic mass is 9.86. The summed E-state index contributed by atoms with van der Waals surface area (Å²) < 4.78 is 28.4. The van der Waals surface area contributed by atoms with E-state index in [0.29, 0.717) is 12.3 Å². The molecule has 0 unspecified atom stereocenters. The number of esters is 1. The minimum absolute atomic E-state index is 0.0104. The first-order valence-electron chi connectivity index (χ1n) is 9.81. The van der Waals surface area contributed by atoms with Gasteiger partial charge in [0.1, 0.15) is 5.71 Å². The molecule has 3 rings (SSSR count). The number of nitrogens with zero attached hydrogens (tertiary/aromatic N) is 2. The third-order valence-corrected chi connectivity index (χ3v) is 7.39. The van der Waals surface area contributed by atoms with Gasteiger partial charge in [0.15, 0.2) is 16.4 Å². The summed E-state index contributed by atoms with van der Waals surface area (Å²) in [4.78, 5) is 36.4. The van der Waals surface area contributed by atoms with E-state index >= 15 is 0 Å². The van der Waals surface area contributed by atoms with Crippen LogP contribution in [0, 0.1) is 5.92 Å². The number of amides is 2. The lowest BCUT2D eigenvalue weighted by Gasteiger charge is -2.29. The number of hydrogen-bond donors (Lipinski definition) is 1. The fourth-order valence-corrected chi connectivity index (χ4v) is 5.66. The van der Waals surface area contributed by atoms with Gasteiger partial charge in [-0.25, -0.2) is 18.2 Å². The molecule has 3 aliphatic rings. The molecule has 3 atom stereocenters. The molecule has 1 aliphatic carbocycles. The number of hydrazone groups is 1. The maximum Gasteiger partial charge on any atom is 0.355 e. The monoisotopic (exact) mass is 413 g/mol. The van der Waals surface area contributed by atoms with E-state index in [1.165, 1.54) is 6.42 Å². The van der Waals surface area contributed by atoms with Crippen LogP contribution >= 0.6 is 0 Å². The molecule has 2 heterocycles. The average Bonchev–Trinajstić information content (AvgIpc) is 3.01. The molecule has 0 aromatic heterocycles. The van der Waals surface area contributed by atoms with Crippen molar-refractivity contribution in [2.24, 2.45) is 11.0 Å². The molecule has 2 fully saturated rings. The van der Waals surface area contributed by atoms with Gasteiger partial charge in [-0.05, 0) is 25.2 Å². The Labute approximate surface area is 164 Å². The minimum atomic E-state index is -3.18. The Hall–Kier alpha value is -1.97. The number of nitrogens with one attached hydrogen (secondary N) is 1. The van der Waals surface area contributed by atoms with Gasteiger partial charge in [0.25, 0.3) is 5.91 Å². The van der Waals surface area contributed by atoms with Crippen LogP contribution in [0.4, 0.5) is 0 Å². The smallest absolute Gasteiger partial charge is 0.355 e. The van der Waals surface area contributed by atoms with E-state index in [4.69, 9.17) is 4.74 Å². The Bertz CT molecular complexity index is 778. The molecule has 156 valence electrons. The topological polar surface area (TPSA) is 122 Å². The van der Waals surface area contributed by atoms with Crippen LogP contribution in [-0.4, -0.2) is 67.1 Å². The Morgan fingerprint density at radius 1 is 1.21 bits per heavy atom. The van der Waals surface area contributed by atoms with E-state index in [0.717, 1.165) is 24.3 Å². The van der Waals surface area contributed by atoms with E-state index in [-0.39, 0.29) is 47.9 Å². The van der Waals surface area contributed by atoms with Crippen molar-refractivity contribution in [3.05, 3.63) is 0 Å². The molecule has 0 bridgehead atoms. The summed E-state index contributed by atoms with van der Waals surface area (Å²) in [7, 11) is -3.18. The van der Waals surface area contributed by atoms with Gasteiger partial charge in [-0.15, -0.1) is 0 Å². The highest BCUT2D eigenvalue weighted by molar-refractivity contribution is 7.91. The second-order valence-electron chi connectivity index (χ2n) is 7.85. The van der Waals surface area contributed by atoms with E-state index in [2.05, 4.69) is 17.3 Å². The van der Waals surface area contributed by atoms with Gasteiger partial charge in [-0.2, -0.15) is 5.10 Å². The predicted octanol–water partition coefficient (Wildman–Crippen LogP) is 0.390. The SMILES string of the molecule is C[C@H]1CCCC[C@@H]1NC(=O)COC(=O)C1=NN([C@@H]2CCS(=O)(=O)C2)C(=O)CC1. The zero-order valence-electron chi connectivity index (χ0n) is 16.1. The fraction of sp³-hybridized carbons (Fsp3) is 0.778. The lowest BCUT2D eigenvalue weighted by molar-refractivity contribution is -0.143. The van der Waals surface area contributed by atoms with Crippen molar-refractivity contribution in [1.82, 2.24) is 10.3 Å². The maximum atomic E-state index is 12.3. The molecule has 0 spiro atoms. The average molecular weight is 413 g/mol. The molecular weight excluding hydrogens is 386 g/mol. The normalized spacial score (nSPS) is 29.9. The van der Waals surface area contributed by atoms with E-state index < -0.39 is 28.5 Å². The minimum Gasteiger partial charge on any atom is -0.451 e. The first-order valence-corrected chi connectivity index (χ1v) is 11.6.